The molecule has 2 aliphatic rings. The SMILES string of the molecule is NC(c1ccc2c(c1)COC2)C1CCCCCC1. The van der Waals surface area contributed by atoms with Crippen LogP contribution in [0.4, 0.5) is 0 Å². The molecule has 0 bridgehead atoms. The number of ether oxygens (including phenoxy) is 1. The number of fused-ring (bicyclic) bond motifs is 1. The van der Waals surface area contributed by atoms with Gasteiger partial charge >= 0.3 is 0 Å². The molecular weight excluding hydrogens is 222 g/mol. The van der Waals surface area contributed by atoms with Gasteiger partial charge in [-0.05, 0) is 35.4 Å². The molecule has 1 unspecified atom stereocenters. The number of nitrogens with two attached hydrogens (primary N) is 1. The maximum atomic E-state index is 6.49. The highest BCUT2D eigenvalue weighted by molar-refractivity contribution is 5.34. The van der Waals surface area contributed by atoms with Crippen molar-refractivity contribution in [3.63, 3.8) is 0 Å². The van der Waals surface area contributed by atoms with Gasteiger partial charge in [0, 0.05) is 6.04 Å². The van der Waals surface area contributed by atoms with Crippen molar-refractivity contribution < 1.29 is 4.74 Å². The molecule has 1 atom stereocenters. The zero-order valence-electron chi connectivity index (χ0n) is 11.0. The van der Waals surface area contributed by atoms with E-state index in [0.717, 1.165) is 13.2 Å². The summed E-state index contributed by atoms with van der Waals surface area (Å²) in [6.45, 7) is 1.54. The highest BCUT2D eigenvalue weighted by Gasteiger charge is 2.22. The summed E-state index contributed by atoms with van der Waals surface area (Å²) in [7, 11) is 0. The number of hydrogen-bond donors (Lipinski definition) is 1. The summed E-state index contributed by atoms with van der Waals surface area (Å²) in [4.78, 5) is 0. The molecule has 1 aliphatic heterocycles. The normalized spacial score (nSPS) is 22.5. The van der Waals surface area contributed by atoms with Crippen LogP contribution in [0.5, 0.6) is 0 Å². The van der Waals surface area contributed by atoms with Crippen molar-refractivity contribution in [1.29, 1.82) is 0 Å². The van der Waals surface area contributed by atoms with Gasteiger partial charge in [-0.3, -0.25) is 0 Å². The Labute approximate surface area is 110 Å². The first-order valence-corrected chi connectivity index (χ1v) is 7.29. The number of benzene rings is 1. The molecule has 1 aliphatic carbocycles. The first-order valence-electron chi connectivity index (χ1n) is 7.29. The molecule has 0 radical (unpaired) electrons. The van der Waals surface area contributed by atoms with Gasteiger partial charge in [-0.1, -0.05) is 43.9 Å². The van der Waals surface area contributed by atoms with E-state index in [1.165, 1.54) is 55.2 Å². The molecule has 1 fully saturated rings. The van der Waals surface area contributed by atoms with Gasteiger partial charge < -0.3 is 10.5 Å². The van der Waals surface area contributed by atoms with Crippen LogP contribution in [0.3, 0.4) is 0 Å². The lowest BCUT2D eigenvalue weighted by Crippen LogP contribution is -2.21. The molecule has 0 aromatic heterocycles. The predicted octanol–water partition coefficient (Wildman–Crippen LogP) is 3.69. The maximum Gasteiger partial charge on any atom is 0.0725 e. The fourth-order valence-corrected chi connectivity index (χ4v) is 3.34. The van der Waals surface area contributed by atoms with Crippen LogP contribution >= 0.6 is 0 Å². The zero-order chi connectivity index (χ0) is 12.4. The Hall–Kier alpha value is -0.860. The molecule has 1 aromatic rings. The van der Waals surface area contributed by atoms with Crippen LogP contribution in [0.25, 0.3) is 0 Å². The average Bonchev–Trinajstić information content (AvgIpc) is 2.69. The maximum absolute atomic E-state index is 6.49. The molecule has 98 valence electrons. The first-order chi connectivity index (χ1) is 8.84. The van der Waals surface area contributed by atoms with Crippen LogP contribution in [0.15, 0.2) is 18.2 Å². The molecular formula is C16H23NO. The van der Waals surface area contributed by atoms with Gasteiger partial charge in [0.1, 0.15) is 0 Å². The molecule has 0 spiro atoms. The van der Waals surface area contributed by atoms with Gasteiger partial charge in [-0.25, -0.2) is 0 Å². The van der Waals surface area contributed by atoms with Crippen molar-refractivity contribution in [3.05, 3.63) is 34.9 Å². The molecule has 0 saturated heterocycles. The van der Waals surface area contributed by atoms with Crippen molar-refractivity contribution in [2.24, 2.45) is 11.7 Å². The summed E-state index contributed by atoms with van der Waals surface area (Å²) < 4.78 is 5.47. The van der Waals surface area contributed by atoms with Gasteiger partial charge in [-0.2, -0.15) is 0 Å². The van der Waals surface area contributed by atoms with Crippen molar-refractivity contribution in [2.45, 2.75) is 57.8 Å². The second kappa shape index (κ2) is 5.41. The molecule has 2 nitrogen and oxygen atoms in total. The van der Waals surface area contributed by atoms with E-state index in [-0.39, 0.29) is 6.04 Å². The molecule has 18 heavy (non-hydrogen) atoms. The van der Waals surface area contributed by atoms with Crippen LogP contribution < -0.4 is 5.73 Å². The van der Waals surface area contributed by atoms with Gasteiger partial charge in [0.2, 0.25) is 0 Å². The minimum absolute atomic E-state index is 0.217. The topological polar surface area (TPSA) is 35.2 Å². The monoisotopic (exact) mass is 245 g/mol. The lowest BCUT2D eigenvalue weighted by molar-refractivity contribution is 0.134. The smallest absolute Gasteiger partial charge is 0.0725 e. The van der Waals surface area contributed by atoms with E-state index in [0.29, 0.717) is 5.92 Å². The van der Waals surface area contributed by atoms with Crippen LogP contribution in [-0.2, 0) is 18.0 Å². The fourth-order valence-electron chi connectivity index (χ4n) is 3.34. The summed E-state index contributed by atoms with van der Waals surface area (Å²) in [6.07, 6.45) is 8.09. The summed E-state index contributed by atoms with van der Waals surface area (Å²) in [5.74, 6) is 0.674. The van der Waals surface area contributed by atoms with Crippen LogP contribution in [0.2, 0.25) is 0 Å². The van der Waals surface area contributed by atoms with Crippen LogP contribution in [-0.4, -0.2) is 0 Å². The molecule has 2 N–H and O–H groups in total. The van der Waals surface area contributed by atoms with Gasteiger partial charge in [0.15, 0.2) is 0 Å². The molecule has 2 heteroatoms. The van der Waals surface area contributed by atoms with Crippen molar-refractivity contribution in [1.82, 2.24) is 0 Å². The zero-order valence-corrected chi connectivity index (χ0v) is 11.0. The van der Waals surface area contributed by atoms with Crippen LogP contribution in [0, 0.1) is 5.92 Å². The van der Waals surface area contributed by atoms with E-state index in [4.69, 9.17) is 10.5 Å². The van der Waals surface area contributed by atoms with E-state index in [1.54, 1.807) is 0 Å². The van der Waals surface area contributed by atoms with Crippen molar-refractivity contribution >= 4 is 0 Å². The summed E-state index contributed by atoms with van der Waals surface area (Å²) in [5, 5.41) is 0. The van der Waals surface area contributed by atoms with E-state index in [1.807, 2.05) is 0 Å². The standard InChI is InChI=1S/C16H23NO/c17-16(12-5-3-1-2-4-6-12)13-7-8-14-10-18-11-15(14)9-13/h7-9,12,16H,1-6,10-11,17H2. The van der Waals surface area contributed by atoms with Crippen LogP contribution in [0.1, 0.15) is 61.3 Å². The second-order valence-corrected chi connectivity index (χ2v) is 5.80. The quantitative estimate of drug-likeness (QED) is 0.807. The highest BCUT2D eigenvalue weighted by atomic mass is 16.5. The first kappa shape index (κ1) is 12.2. The number of rotatable bonds is 2. The lowest BCUT2D eigenvalue weighted by atomic mass is 9.87. The Morgan fingerprint density at radius 3 is 2.50 bits per heavy atom. The largest absolute Gasteiger partial charge is 0.372 e. The third-order valence-electron chi connectivity index (χ3n) is 4.54. The minimum Gasteiger partial charge on any atom is -0.372 e. The van der Waals surface area contributed by atoms with Crippen molar-refractivity contribution in [2.75, 3.05) is 0 Å². The molecule has 1 saturated carbocycles. The van der Waals surface area contributed by atoms with Crippen molar-refractivity contribution in [3.8, 4) is 0 Å². The Morgan fingerprint density at radius 1 is 1.00 bits per heavy atom. The van der Waals surface area contributed by atoms with Gasteiger partial charge in [0.25, 0.3) is 0 Å². The molecule has 3 rings (SSSR count). The molecule has 1 aromatic carbocycles. The summed E-state index contributed by atoms with van der Waals surface area (Å²) >= 11 is 0. The molecule has 1 heterocycles. The van der Waals surface area contributed by atoms with E-state index >= 15 is 0 Å². The van der Waals surface area contributed by atoms with Gasteiger partial charge in [0.05, 0.1) is 13.2 Å². The third kappa shape index (κ3) is 2.45. The van der Waals surface area contributed by atoms with E-state index < -0.39 is 0 Å². The highest BCUT2D eigenvalue weighted by Crippen LogP contribution is 2.33. The third-order valence-corrected chi connectivity index (χ3v) is 4.54. The lowest BCUT2D eigenvalue weighted by Gasteiger charge is -2.23. The Morgan fingerprint density at radius 2 is 1.72 bits per heavy atom. The summed E-state index contributed by atoms with van der Waals surface area (Å²) in [5.41, 5.74) is 10.5. The fraction of sp³-hybridized carbons (Fsp3) is 0.625. The predicted molar refractivity (Wildman–Crippen MR) is 73.1 cm³/mol. The second-order valence-electron chi connectivity index (χ2n) is 5.80. The Kier molecular flexibility index (Phi) is 3.67. The molecule has 0 amide bonds. The Bertz CT molecular complexity index is 408. The van der Waals surface area contributed by atoms with E-state index in [9.17, 15) is 0 Å². The summed E-state index contributed by atoms with van der Waals surface area (Å²) in [6, 6.07) is 6.91. The Balaban J connectivity index is 1.76. The van der Waals surface area contributed by atoms with E-state index in [2.05, 4.69) is 18.2 Å². The van der Waals surface area contributed by atoms with Gasteiger partial charge in [-0.15, -0.1) is 0 Å². The number of hydrogen-bond acceptors (Lipinski definition) is 2. The minimum atomic E-state index is 0.217. The average molecular weight is 245 g/mol.